The van der Waals surface area contributed by atoms with E-state index in [-0.39, 0.29) is 0 Å². The average molecular weight is 261 g/mol. The van der Waals surface area contributed by atoms with E-state index in [0.717, 1.165) is 9.79 Å². The number of benzene rings is 2. The number of hydrogen-bond acceptors (Lipinski definition) is 3. The molecule has 0 aliphatic rings. The maximum absolute atomic E-state index is 9.04. The average Bonchev–Trinajstić information content (AvgIpc) is 2.34. The number of para-hydroxylation sites is 1. The molecule has 2 aromatic rings. The lowest BCUT2D eigenvalue weighted by atomic mass is 10.2. The molecule has 0 aromatic heterocycles. The van der Waals surface area contributed by atoms with Gasteiger partial charge in [-0.15, -0.1) is 0 Å². The summed E-state index contributed by atoms with van der Waals surface area (Å²) >= 11 is 7.31. The first-order valence-corrected chi connectivity index (χ1v) is 6.12. The van der Waals surface area contributed by atoms with Crippen molar-refractivity contribution < 1.29 is 0 Å². The first-order valence-electron chi connectivity index (χ1n) is 4.92. The minimum absolute atomic E-state index is 0.561. The number of rotatable bonds is 2. The summed E-state index contributed by atoms with van der Waals surface area (Å²) in [6.07, 6.45) is 0. The van der Waals surface area contributed by atoms with Crippen LogP contribution in [0.15, 0.2) is 52.3 Å². The van der Waals surface area contributed by atoms with E-state index in [0.29, 0.717) is 16.3 Å². The molecule has 2 nitrogen and oxygen atoms in total. The van der Waals surface area contributed by atoms with E-state index in [4.69, 9.17) is 22.6 Å². The highest BCUT2D eigenvalue weighted by Crippen LogP contribution is 2.34. The highest BCUT2D eigenvalue weighted by Gasteiger charge is 2.06. The second kappa shape index (κ2) is 5.13. The predicted molar refractivity (Wildman–Crippen MR) is 71.1 cm³/mol. The zero-order valence-corrected chi connectivity index (χ0v) is 10.4. The molecule has 0 aliphatic heterocycles. The van der Waals surface area contributed by atoms with Crippen LogP contribution in [0.4, 0.5) is 5.69 Å². The molecule has 0 saturated carbocycles. The molecule has 0 fully saturated rings. The minimum Gasteiger partial charge on any atom is -0.398 e. The van der Waals surface area contributed by atoms with Gasteiger partial charge in [0.1, 0.15) is 6.07 Å². The SMILES string of the molecule is N#Cc1cc(Cl)ccc1Sc1ccccc1N. The molecule has 0 radical (unpaired) electrons. The Kier molecular flexibility index (Phi) is 3.58. The van der Waals surface area contributed by atoms with E-state index in [9.17, 15) is 0 Å². The molecule has 4 heteroatoms. The van der Waals surface area contributed by atoms with Gasteiger partial charge in [-0.2, -0.15) is 5.26 Å². The molecule has 2 rings (SSSR count). The van der Waals surface area contributed by atoms with Crippen LogP contribution in [0.25, 0.3) is 0 Å². The molecule has 0 aliphatic carbocycles. The summed E-state index contributed by atoms with van der Waals surface area (Å²) in [7, 11) is 0. The lowest BCUT2D eigenvalue weighted by Gasteiger charge is -2.06. The Morgan fingerprint density at radius 1 is 1.12 bits per heavy atom. The van der Waals surface area contributed by atoms with E-state index in [1.165, 1.54) is 11.8 Å². The molecule has 0 unspecified atom stereocenters. The molecule has 17 heavy (non-hydrogen) atoms. The lowest BCUT2D eigenvalue weighted by Crippen LogP contribution is -1.88. The molecule has 0 spiro atoms. The number of nitrogens with zero attached hydrogens (tertiary/aromatic N) is 1. The van der Waals surface area contributed by atoms with E-state index in [2.05, 4.69) is 6.07 Å². The van der Waals surface area contributed by atoms with Gasteiger partial charge in [0.25, 0.3) is 0 Å². The summed E-state index contributed by atoms with van der Waals surface area (Å²) in [5.41, 5.74) is 7.13. The van der Waals surface area contributed by atoms with Crippen LogP contribution in [0.2, 0.25) is 5.02 Å². The Bertz CT molecular complexity index is 590. The van der Waals surface area contributed by atoms with Crippen molar-refractivity contribution in [3.63, 3.8) is 0 Å². The largest absolute Gasteiger partial charge is 0.398 e. The van der Waals surface area contributed by atoms with Crippen molar-refractivity contribution in [2.75, 3.05) is 5.73 Å². The Labute approximate surface area is 109 Å². The summed E-state index contributed by atoms with van der Waals surface area (Å²) in [6, 6.07) is 14.9. The summed E-state index contributed by atoms with van der Waals surface area (Å²) in [5.74, 6) is 0. The van der Waals surface area contributed by atoms with Crippen LogP contribution in [0.1, 0.15) is 5.56 Å². The van der Waals surface area contributed by atoms with Crippen molar-refractivity contribution in [2.45, 2.75) is 9.79 Å². The fraction of sp³-hybridized carbons (Fsp3) is 0. The molecular formula is C13H9ClN2S. The first-order chi connectivity index (χ1) is 8.20. The Morgan fingerprint density at radius 3 is 2.59 bits per heavy atom. The monoisotopic (exact) mass is 260 g/mol. The third-order valence-electron chi connectivity index (χ3n) is 2.20. The van der Waals surface area contributed by atoms with Gasteiger partial charge in [-0.3, -0.25) is 0 Å². The summed E-state index contributed by atoms with van der Waals surface area (Å²) < 4.78 is 0. The first kappa shape index (κ1) is 11.8. The van der Waals surface area contributed by atoms with E-state index < -0.39 is 0 Å². The van der Waals surface area contributed by atoms with Crippen molar-refractivity contribution in [3.8, 4) is 6.07 Å². The number of hydrogen-bond donors (Lipinski definition) is 1. The smallest absolute Gasteiger partial charge is 0.100 e. The van der Waals surface area contributed by atoms with Gasteiger partial charge in [-0.1, -0.05) is 35.5 Å². The summed E-state index contributed by atoms with van der Waals surface area (Å²) in [4.78, 5) is 1.79. The molecule has 0 amide bonds. The van der Waals surface area contributed by atoms with Crippen molar-refractivity contribution in [1.29, 1.82) is 5.26 Å². The zero-order valence-electron chi connectivity index (χ0n) is 8.85. The van der Waals surface area contributed by atoms with Gasteiger partial charge in [0, 0.05) is 20.5 Å². The highest BCUT2D eigenvalue weighted by molar-refractivity contribution is 7.99. The molecule has 84 valence electrons. The molecule has 2 N–H and O–H groups in total. The second-order valence-corrected chi connectivity index (χ2v) is 4.91. The number of nitriles is 1. The number of nitrogens with two attached hydrogens (primary N) is 1. The van der Waals surface area contributed by atoms with Crippen LogP contribution in [-0.4, -0.2) is 0 Å². The van der Waals surface area contributed by atoms with E-state index >= 15 is 0 Å². The summed E-state index contributed by atoms with van der Waals surface area (Å²) in [6.45, 7) is 0. The lowest BCUT2D eigenvalue weighted by molar-refractivity contribution is 1.35. The fourth-order valence-electron chi connectivity index (χ4n) is 1.37. The topological polar surface area (TPSA) is 49.8 Å². The summed E-state index contributed by atoms with van der Waals surface area (Å²) in [5, 5.41) is 9.60. The van der Waals surface area contributed by atoms with Crippen LogP contribution < -0.4 is 5.73 Å². The van der Waals surface area contributed by atoms with Gasteiger partial charge < -0.3 is 5.73 Å². The number of nitrogen functional groups attached to an aromatic ring is 1. The maximum atomic E-state index is 9.04. The molecule has 0 heterocycles. The van der Waals surface area contributed by atoms with Gasteiger partial charge >= 0.3 is 0 Å². The fourth-order valence-corrected chi connectivity index (χ4v) is 2.46. The second-order valence-electron chi connectivity index (χ2n) is 3.39. The Balaban J connectivity index is 2.37. The molecule has 0 saturated heterocycles. The highest BCUT2D eigenvalue weighted by atomic mass is 35.5. The number of halogens is 1. The van der Waals surface area contributed by atoms with Crippen LogP contribution in [0, 0.1) is 11.3 Å². The van der Waals surface area contributed by atoms with Crippen molar-refractivity contribution in [1.82, 2.24) is 0 Å². The normalized spacial score (nSPS) is 9.88. The van der Waals surface area contributed by atoms with Gasteiger partial charge in [0.05, 0.1) is 5.56 Å². The van der Waals surface area contributed by atoms with E-state index in [1.807, 2.05) is 30.3 Å². The maximum Gasteiger partial charge on any atom is 0.100 e. The Morgan fingerprint density at radius 2 is 1.88 bits per heavy atom. The van der Waals surface area contributed by atoms with Crippen LogP contribution in [-0.2, 0) is 0 Å². The van der Waals surface area contributed by atoms with Crippen molar-refractivity contribution in [2.24, 2.45) is 0 Å². The third kappa shape index (κ3) is 2.73. The van der Waals surface area contributed by atoms with E-state index in [1.54, 1.807) is 12.1 Å². The third-order valence-corrected chi connectivity index (χ3v) is 3.60. The quantitative estimate of drug-likeness (QED) is 0.832. The van der Waals surface area contributed by atoms with Crippen LogP contribution >= 0.6 is 23.4 Å². The van der Waals surface area contributed by atoms with Crippen molar-refractivity contribution >= 4 is 29.1 Å². The Hall–Kier alpha value is -1.63. The van der Waals surface area contributed by atoms with Crippen molar-refractivity contribution in [3.05, 3.63) is 53.1 Å². The van der Waals surface area contributed by atoms with Crippen LogP contribution in [0.5, 0.6) is 0 Å². The molecular weight excluding hydrogens is 252 g/mol. The molecule has 0 atom stereocenters. The van der Waals surface area contributed by atoms with Gasteiger partial charge in [-0.05, 0) is 30.3 Å². The molecule has 0 bridgehead atoms. The number of anilines is 1. The zero-order chi connectivity index (χ0) is 12.3. The molecule has 2 aromatic carbocycles. The standard InChI is InChI=1S/C13H9ClN2S/c14-10-5-6-12(9(7-10)8-15)17-13-4-2-1-3-11(13)16/h1-7H,16H2. The minimum atomic E-state index is 0.561. The van der Waals surface area contributed by atoms with Crippen LogP contribution in [0.3, 0.4) is 0 Å². The predicted octanol–water partition coefficient (Wildman–Crippen LogP) is 3.95. The van der Waals surface area contributed by atoms with Gasteiger partial charge in [-0.25, -0.2) is 0 Å². The van der Waals surface area contributed by atoms with Gasteiger partial charge in [0.15, 0.2) is 0 Å². The van der Waals surface area contributed by atoms with Gasteiger partial charge in [0.2, 0.25) is 0 Å².